The van der Waals surface area contributed by atoms with E-state index in [4.69, 9.17) is 9.47 Å². The van der Waals surface area contributed by atoms with Crippen molar-refractivity contribution < 1.29 is 19.4 Å². The SMILES string of the molecule is CCCCC/C=C\C/C=C\C/C=C\CCCCCCCCCOCC(CO)OC(=O)CCCCCCCC/C=C\C/C=C\C/C=C\CCCCCCC. The van der Waals surface area contributed by atoms with Crippen molar-refractivity contribution >= 4 is 5.97 Å². The predicted octanol–water partition coefficient (Wildman–Crippen LogP) is 15.0. The number of esters is 1. The lowest BCUT2D eigenvalue weighted by Gasteiger charge is -2.15. The topological polar surface area (TPSA) is 55.8 Å². The molecule has 1 atom stereocenters. The first kappa shape index (κ1) is 50.8. The Kier molecular flexibility index (Phi) is 44.1. The molecule has 53 heavy (non-hydrogen) atoms. The fraction of sp³-hybridized carbons (Fsp3) is 0.735. The minimum atomic E-state index is -0.551. The molecule has 0 aliphatic carbocycles. The van der Waals surface area contributed by atoms with Crippen LogP contribution in [0.25, 0.3) is 0 Å². The van der Waals surface area contributed by atoms with Crippen molar-refractivity contribution in [3.63, 3.8) is 0 Å². The quantitative estimate of drug-likeness (QED) is 0.0385. The molecule has 0 bridgehead atoms. The van der Waals surface area contributed by atoms with Crippen molar-refractivity contribution in [1.29, 1.82) is 0 Å². The third-order valence-electron chi connectivity index (χ3n) is 9.50. The molecular weight excluding hydrogens is 653 g/mol. The Morgan fingerprint density at radius 1 is 0.453 bits per heavy atom. The second-order valence-electron chi connectivity index (χ2n) is 14.8. The molecule has 0 aromatic carbocycles. The van der Waals surface area contributed by atoms with Gasteiger partial charge in [0.1, 0.15) is 6.10 Å². The Labute approximate surface area is 329 Å². The molecule has 0 saturated carbocycles. The molecule has 0 aliphatic heterocycles. The molecule has 1 N–H and O–H groups in total. The third-order valence-corrected chi connectivity index (χ3v) is 9.50. The van der Waals surface area contributed by atoms with Crippen LogP contribution in [-0.4, -0.2) is 37.0 Å². The van der Waals surface area contributed by atoms with Gasteiger partial charge in [-0.25, -0.2) is 0 Å². The number of allylic oxidation sites excluding steroid dienone is 12. The molecule has 0 spiro atoms. The summed E-state index contributed by atoms with van der Waals surface area (Å²) in [7, 11) is 0. The Bertz CT molecular complexity index is 911. The maximum absolute atomic E-state index is 12.2. The van der Waals surface area contributed by atoms with Crippen molar-refractivity contribution in [3.05, 3.63) is 72.9 Å². The van der Waals surface area contributed by atoms with Gasteiger partial charge in [-0.05, 0) is 89.9 Å². The predicted molar refractivity (Wildman–Crippen MR) is 232 cm³/mol. The van der Waals surface area contributed by atoms with Crippen molar-refractivity contribution in [2.45, 2.75) is 213 Å². The van der Waals surface area contributed by atoms with E-state index in [-0.39, 0.29) is 19.2 Å². The number of carbonyl (C=O) groups excluding carboxylic acids is 1. The highest BCUT2D eigenvalue weighted by molar-refractivity contribution is 5.69. The molecule has 306 valence electrons. The van der Waals surface area contributed by atoms with Gasteiger partial charge in [0.15, 0.2) is 0 Å². The number of ether oxygens (including phenoxy) is 2. The van der Waals surface area contributed by atoms with Crippen LogP contribution in [0.3, 0.4) is 0 Å². The zero-order valence-corrected chi connectivity index (χ0v) is 35.0. The van der Waals surface area contributed by atoms with Crippen molar-refractivity contribution in [1.82, 2.24) is 0 Å². The van der Waals surface area contributed by atoms with Gasteiger partial charge in [0.2, 0.25) is 0 Å². The van der Waals surface area contributed by atoms with E-state index in [9.17, 15) is 9.90 Å². The zero-order chi connectivity index (χ0) is 38.4. The standard InChI is InChI=1S/C49H86O4/c1-3-5-7-9-11-13-15-17-19-21-23-25-26-28-30-32-34-36-38-40-42-44-49(51)53-48(46-50)47-52-45-43-41-39-37-35-33-31-29-27-24-22-20-18-16-14-12-10-8-6-4-2/h12,14-15,17-18,20-21,23-24,26-28,48,50H,3-11,13,16,19,22,25,29-47H2,1-2H3/b14-12-,17-15-,20-18-,23-21-,27-24-,28-26-. The van der Waals surface area contributed by atoms with Crippen LogP contribution >= 0.6 is 0 Å². The van der Waals surface area contributed by atoms with Crippen LogP contribution in [0.5, 0.6) is 0 Å². The minimum Gasteiger partial charge on any atom is -0.457 e. The Hall–Kier alpha value is -2.17. The first-order valence-corrected chi connectivity index (χ1v) is 22.5. The maximum atomic E-state index is 12.2. The summed E-state index contributed by atoms with van der Waals surface area (Å²) in [6, 6.07) is 0. The molecule has 4 heteroatoms. The lowest BCUT2D eigenvalue weighted by molar-refractivity contribution is -0.154. The Morgan fingerprint density at radius 2 is 0.792 bits per heavy atom. The fourth-order valence-electron chi connectivity index (χ4n) is 6.11. The number of hydrogen-bond acceptors (Lipinski definition) is 4. The van der Waals surface area contributed by atoms with Crippen molar-refractivity contribution in [2.75, 3.05) is 19.8 Å². The maximum Gasteiger partial charge on any atom is 0.306 e. The van der Waals surface area contributed by atoms with Crippen LogP contribution in [0.15, 0.2) is 72.9 Å². The van der Waals surface area contributed by atoms with E-state index >= 15 is 0 Å². The van der Waals surface area contributed by atoms with Crippen LogP contribution in [0.4, 0.5) is 0 Å². The van der Waals surface area contributed by atoms with Gasteiger partial charge in [-0.3, -0.25) is 4.79 Å². The molecule has 0 aromatic rings. The average Bonchev–Trinajstić information content (AvgIpc) is 3.16. The largest absolute Gasteiger partial charge is 0.457 e. The van der Waals surface area contributed by atoms with Crippen LogP contribution in [-0.2, 0) is 14.3 Å². The summed E-state index contributed by atoms with van der Waals surface area (Å²) in [5, 5.41) is 9.62. The van der Waals surface area contributed by atoms with Crippen LogP contribution in [0.2, 0.25) is 0 Å². The average molecular weight is 739 g/mol. The van der Waals surface area contributed by atoms with Gasteiger partial charge < -0.3 is 14.6 Å². The van der Waals surface area contributed by atoms with Crippen LogP contribution < -0.4 is 0 Å². The molecule has 1 unspecified atom stereocenters. The summed E-state index contributed by atoms with van der Waals surface area (Å²) in [5.74, 6) is -0.218. The summed E-state index contributed by atoms with van der Waals surface area (Å²) in [6.07, 6.45) is 62.4. The van der Waals surface area contributed by atoms with E-state index in [0.29, 0.717) is 13.0 Å². The summed E-state index contributed by atoms with van der Waals surface area (Å²) < 4.78 is 11.2. The van der Waals surface area contributed by atoms with Crippen LogP contribution in [0, 0.1) is 0 Å². The van der Waals surface area contributed by atoms with E-state index in [1.807, 2.05) is 0 Å². The summed E-state index contributed by atoms with van der Waals surface area (Å²) in [5.41, 5.74) is 0. The highest BCUT2D eigenvalue weighted by atomic mass is 16.6. The third kappa shape index (κ3) is 44.1. The summed E-state index contributed by atoms with van der Waals surface area (Å²) >= 11 is 0. The molecule has 0 fully saturated rings. The van der Waals surface area contributed by atoms with Crippen LogP contribution in [0.1, 0.15) is 206 Å². The number of rotatable bonds is 41. The smallest absolute Gasteiger partial charge is 0.306 e. The van der Waals surface area contributed by atoms with Crippen molar-refractivity contribution in [3.8, 4) is 0 Å². The van der Waals surface area contributed by atoms with E-state index in [1.165, 1.54) is 122 Å². The summed E-state index contributed by atoms with van der Waals surface area (Å²) in [6.45, 7) is 5.27. The monoisotopic (exact) mass is 739 g/mol. The number of aliphatic hydroxyl groups is 1. The zero-order valence-electron chi connectivity index (χ0n) is 35.0. The Balaban J connectivity index is 3.51. The minimum absolute atomic E-state index is 0.185. The van der Waals surface area contributed by atoms with Crippen molar-refractivity contribution in [2.24, 2.45) is 0 Å². The second-order valence-corrected chi connectivity index (χ2v) is 14.8. The highest BCUT2D eigenvalue weighted by Gasteiger charge is 2.13. The molecule has 4 nitrogen and oxygen atoms in total. The highest BCUT2D eigenvalue weighted by Crippen LogP contribution is 2.12. The van der Waals surface area contributed by atoms with E-state index in [1.54, 1.807) is 0 Å². The van der Waals surface area contributed by atoms with Gasteiger partial charge >= 0.3 is 5.97 Å². The van der Waals surface area contributed by atoms with Gasteiger partial charge in [-0.15, -0.1) is 0 Å². The number of carbonyl (C=O) groups is 1. The van der Waals surface area contributed by atoms with E-state index < -0.39 is 6.10 Å². The molecule has 0 aromatic heterocycles. The van der Waals surface area contributed by atoms with Gasteiger partial charge in [0.25, 0.3) is 0 Å². The fourth-order valence-corrected chi connectivity index (χ4v) is 6.11. The first-order valence-electron chi connectivity index (χ1n) is 22.5. The molecule has 0 amide bonds. The number of hydrogen-bond donors (Lipinski definition) is 1. The normalized spacial score (nSPS) is 13.0. The molecular formula is C49H86O4. The van der Waals surface area contributed by atoms with Gasteiger partial charge in [0.05, 0.1) is 13.2 Å². The Morgan fingerprint density at radius 3 is 1.23 bits per heavy atom. The van der Waals surface area contributed by atoms with Gasteiger partial charge in [-0.1, -0.05) is 183 Å². The second kappa shape index (κ2) is 46.0. The number of unbranched alkanes of at least 4 members (excludes halogenated alkanes) is 21. The lowest BCUT2D eigenvalue weighted by atomic mass is 10.1. The van der Waals surface area contributed by atoms with Gasteiger partial charge in [-0.2, -0.15) is 0 Å². The molecule has 0 saturated heterocycles. The lowest BCUT2D eigenvalue weighted by Crippen LogP contribution is -2.27. The number of aliphatic hydroxyl groups excluding tert-OH is 1. The molecule has 0 heterocycles. The molecule has 0 aliphatic rings. The summed E-state index contributed by atoms with van der Waals surface area (Å²) in [4.78, 5) is 12.2. The molecule has 0 radical (unpaired) electrons. The van der Waals surface area contributed by atoms with E-state index in [0.717, 1.165) is 64.2 Å². The first-order chi connectivity index (χ1) is 26.2. The van der Waals surface area contributed by atoms with Gasteiger partial charge in [0, 0.05) is 13.0 Å². The van der Waals surface area contributed by atoms with E-state index in [2.05, 4.69) is 86.8 Å². The molecule has 0 rings (SSSR count).